The van der Waals surface area contributed by atoms with E-state index in [1.54, 1.807) is 0 Å². The molecule has 0 aliphatic carbocycles. The molecule has 76 valence electrons. The van der Waals surface area contributed by atoms with E-state index >= 15 is 0 Å². The van der Waals surface area contributed by atoms with Gasteiger partial charge in [-0.25, -0.2) is 0 Å². The highest BCUT2D eigenvalue weighted by atomic mass is 16.5. The van der Waals surface area contributed by atoms with Crippen LogP contribution in [0.1, 0.15) is 26.7 Å². The van der Waals surface area contributed by atoms with Crippen LogP contribution in [0.4, 0.5) is 0 Å². The van der Waals surface area contributed by atoms with Crippen molar-refractivity contribution in [3.8, 4) is 0 Å². The number of rotatable bonds is 2. The minimum absolute atomic E-state index is 0.498. The Hall–Kier alpha value is -0.0800. The van der Waals surface area contributed by atoms with Gasteiger partial charge in [0.15, 0.2) is 0 Å². The number of hydrogen-bond acceptors (Lipinski definition) is 2. The van der Waals surface area contributed by atoms with Crippen molar-refractivity contribution in [1.29, 1.82) is 0 Å². The molecule has 2 saturated heterocycles. The monoisotopic (exact) mass is 183 g/mol. The van der Waals surface area contributed by atoms with Crippen molar-refractivity contribution >= 4 is 0 Å². The van der Waals surface area contributed by atoms with E-state index in [2.05, 4.69) is 18.7 Å². The Morgan fingerprint density at radius 2 is 2.08 bits per heavy atom. The first-order valence-electron chi connectivity index (χ1n) is 5.58. The van der Waals surface area contributed by atoms with Gasteiger partial charge in [0.2, 0.25) is 0 Å². The fraction of sp³-hybridized carbons (Fsp3) is 1.00. The molecule has 2 unspecified atom stereocenters. The SMILES string of the molecule is CC1CN(CC2CCOC(C)C2)C1. The summed E-state index contributed by atoms with van der Waals surface area (Å²) in [4.78, 5) is 2.59. The minimum atomic E-state index is 0.498. The Morgan fingerprint density at radius 1 is 1.31 bits per heavy atom. The molecule has 2 aliphatic heterocycles. The van der Waals surface area contributed by atoms with Gasteiger partial charge >= 0.3 is 0 Å². The van der Waals surface area contributed by atoms with Crippen LogP contribution in [-0.2, 0) is 4.74 Å². The van der Waals surface area contributed by atoms with E-state index in [4.69, 9.17) is 4.74 Å². The molecule has 2 nitrogen and oxygen atoms in total. The molecule has 0 aromatic carbocycles. The smallest absolute Gasteiger partial charge is 0.0550 e. The van der Waals surface area contributed by atoms with Gasteiger partial charge in [0.25, 0.3) is 0 Å². The third kappa shape index (κ3) is 2.44. The Bertz CT molecular complexity index is 165. The molecule has 0 amide bonds. The number of ether oxygens (including phenoxy) is 1. The molecule has 0 bridgehead atoms. The second-order valence-corrected chi connectivity index (χ2v) is 4.90. The fourth-order valence-electron chi connectivity index (χ4n) is 2.60. The van der Waals surface area contributed by atoms with Crippen molar-refractivity contribution in [3.63, 3.8) is 0 Å². The van der Waals surface area contributed by atoms with Gasteiger partial charge in [0, 0.05) is 26.2 Å². The van der Waals surface area contributed by atoms with Crippen molar-refractivity contribution in [2.45, 2.75) is 32.8 Å². The van der Waals surface area contributed by atoms with Crippen LogP contribution in [0, 0.1) is 11.8 Å². The van der Waals surface area contributed by atoms with Crippen molar-refractivity contribution in [3.05, 3.63) is 0 Å². The number of hydrogen-bond donors (Lipinski definition) is 0. The van der Waals surface area contributed by atoms with Crippen molar-refractivity contribution in [1.82, 2.24) is 4.90 Å². The number of nitrogens with zero attached hydrogens (tertiary/aromatic N) is 1. The summed E-state index contributed by atoms with van der Waals surface area (Å²) < 4.78 is 5.54. The maximum absolute atomic E-state index is 5.54. The van der Waals surface area contributed by atoms with Crippen LogP contribution < -0.4 is 0 Å². The van der Waals surface area contributed by atoms with Gasteiger partial charge < -0.3 is 9.64 Å². The zero-order valence-corrected chi connectivity index (χ0v) is 8.83. The average molecular weight is 183 g/mol. The van der Waals surface area contributed by atoms with E-state index in [-0.39, 0.29) is 0 Å². The Kier molecular flexibility index (Phi) is 2.89. The number of likely N-dealkylation sites (tertiary alicyclic amines) is 1. The first-order valence-corrected chi connectivity index (χ1v) is 5.58. The molecule has 0 saturated carbocycles. The predicted octanol–water partition coefficient (Wildman–Crippen LogP) is 1.75. The standard InChI is InChI=1S/C11H21NO/c1-9-6-12(7-9)8-11-3-4-13-10(2)5-11/h9-11H,3-8H2,1-2H3. The lowest BCUT2D eigenvalue weighted by atomic mass is 9.93. The first kappa shape index (κ1) is 9.47. The van der Waals surface area contributed by atoms with Crippen LogP contribution in [-0.4, -0.2) is 37.2 Å². The summed E-state index contributed by atoms with van der Waals surface area (Å²) in [6, 6.07) is 0. The van der Waals surface area contributed by atoms with Gasteiger partial charge in [-0.3, -0.25) is 0 Å². The highest BCUT2D eigenvalue weighted by molar-refractivity contribution is 4.80. The lowest BCUT2D eigenvalue weighted by Gasteiger charge is -2.40. The van der Waals surface area contributed by atoms with Gasteiger partial charge in [-0.15, -0.1) is 0 Å². The summed E-state index contributed by atoms with van der Waals surface area (Å²) in [7, 11) is 0. The normalized spacial score (nSPS) is 37.4. The lowest BCUT2D eigenvalue weighted by Crippen LogP contribution is -2.48. The molecule has 0 aromatic rings. The predicted molar refractivity (Wildman–Crippen MR) is 53.7 cm³/mol. The molecule has 2 aliphatic rings. The summed E-state index contributed by atoms with van der Waals surface area (Å²) in [6.45, 7) is 9.48. The van der Waals surface area contributed by atoms with Crippen molar-refractivity contribution < 1.29 is 4.74 Å². The highest BCUT2D eigenvalue weighted by Gasteiger charge is 2.27. The second-order valence-electron chi connectivity index (χ2n) is 4.90. The van der Waals surface area contributed by atoms with E-state index in [9.17, 15) is 0 Å². The van der Waals surface area contributed by atoms with Crippen LogP contribution >= 0.6 is 0 Å². The van der Waals surface area contributed by atoms with E-state index in [1.807, 2.05) is 0 Å². The maximum atomic E-state index is 5.54. The summed E-state index contributed by atoms with van der Waals surface area (Å²) in [5, 5.41) is 0. The zero-order valence-electron chi connectivity index (χ0n) is 8.83. The largest absolute Gasteiger partial charge is 0.378 e. The molecule has 0 spiro atoms. The van der Waals surface area contributed by atoms with Crippen LogP contribution in [0.3, 0.4) is 0 Å². The Labute approximate surface area is 81.3 Å². The lowest BCUT2D eigenvalue weighted by molar-refractivity contribution is -0.0162. The van der Waals surface area contributed by atoms with Gasteiger partial charge in [-0.2, -0.15) is 0 Å². The summed E-state index contributed by atoms with van der Waals surface area (Å²) in [6.07, 6.45) is 3.04. The quantitative estimate of drug-likeness (QED) is 0.646. The van der Waals surface area contributed by atoms with Crippen LogP contribution in [0.15, 0.2) is 0 Å². The molecule has 0 N–H and O–H groups in total. The summed E-state index contributed by atoms with van der Waals surface area (Å²) in [5.74, 6) is 1.84. The zero-order chi connectivity index (χ0) is 9.26. The summed E-state index contributed by atoms with van der Waals surface area (Å²) >= 11 is 0. The topological polar surface area (TPSA) is 12.5 Å². The van der Waals surface area contributed by atoms with E-state index in [0.717, 1.165) is 18.4 Å². The van der Waals surface area contributed by atoms with Crippen LogP contribution in [0.5, 0.6) is 0 Å². The highest BCUT2D eigenvalue weighted by Crippen LogP contribution is 2.24. The molecule has 2 rings (SSSR count). The molecule has 13 heavy (non-hydrogen) atoms. The minimum Gasteiger partial charge on any atom is -0.378 e. The van der Waals surface area contributed by atoms with Gasteiger partial charge in [0.05, 0.1) is 6.10 Å². The van der Waals surface area contributed by atoms with E-state index in [1.165, 1.54) is 32.5 Å². The fourth-order valence-corrected chi connectivity index (χ4v) is 2.60. The van der Waals surface area contributed by atoms with Gasteiger partial charge in [0.1, 0.15) is 0 Å². The average Bonchev–Trinajstić information content (AvgIpc) is 2.01. The van der Waals surface area contributed by atoms with Gasteiger partial charge in [-0.05, 0) is 31.6 Å². The molecule has 2 heterocycles. The van der Waals surface area contributed by atoms with Crippen LogP contribution in [0.25, 0.3) is 0 Å². The molecular formula is C11H21NO. The molecular weight excluding hydrogens is 162 g/mol. The van der Waals surface area contributed by atoms with E-state index in [0.29, 0.717) is 6.10 Å². The van der Waals surface area contributed by atoms with Gasteiger partial charge in [-0.1, -0.05) is 6.92 Å². The Morgan fingerprint density at radius 3 is 2.69 bits per heavy atom. The van der Waals surface area contributed by atoms with Crippen molar-refractivity contribution in [2.24, 2.45) is 11.8 Å². The third-order valence-electron chi connectivity index (χ3n) is 3.25. The van der Waals surface area contributed by atoms with Crippen molar-refractivity contribution in [2.75, 3.05) is 26.2 Å². The molecule has 2 fully saturated rings. The molecule has 2 heteroatoms. The summed E-state index contributed by atoms with van der Waals surface area (Å²) in [5.41, 5.74) is 0. The first-order chi connectivity index (χ1) is 6.24. The van der Waals surface area contributed by atoms with E-state index < -0.39 is 0 Å². The molecule has 0 aromatic heterocycles. The molecule has 2 atom stereocenters. The maximum Gasteiger partial charge on any atom is 0.0550 e. The van der Waals surface area contributed by atoms with Crippen LogP contribution in [0.2, 0.25) is 0 Å². The Balaban J connectivity index is 1.69. The third-order valence-corrected chi connectivity index (χ3v) is 3.25. The molecule has 0 radical (unpaired) electrons. The second kappa shape index (κ2) is 3.97.